The van der Waals surface area contributed by atoms with Gasteiger partial charge < -0.3 is 15.1 Å². The van der Waals surface area contributed by atoms with Gasteiger partial charge >= 0.3 is 0 Å². The van der Waals surface area contributed by atoms with Crippen molar-refractivity contribution in [3.8, 4) is 0 Å². The maximum absolute atomic E-state index is 12.7. The van der Waals surface area contributed by atoms with Crippen molar-refractivity contribution >= 4 is 17.6 Å². The number of amides is 2. The molecule has 3 rings (SSSR count). The molecule has 1 aromatic heterocycles. The monoisotopic (exact) mass is 372 g/mol. The number of carbonyl (C=O) groups is 2. The van der Waals surface area contributed by atoms with Crippen molar-refractivity contribution in [1.82, 2.24) is 15.2 Å². The van der Waals surface area contributed by atoms with Gasteiger partial charge in [-0.15, -0.1) is 0 Å². The average Bonchev–Trinajstić information content (AvgIpc) is 2.68. The Hall–Kier alpha value is -2.11. The second kappa shape index (κ2) is 9.20. The second-order valence-electron chi connectivity index (χ2n) is 7.98. The molecule has 2 saturated heterocycles. The minimum Gasteiger partial charge on any atom is -0.355 e. The van der Waals surface area contributed by atoms with Crippen LogP contribution in [-0.2, 0) is 4.79 Å². The van der Waals surface area contributed by atoms with E-state index in [0.29, 0.717) is 17.9 Å². The number of hydrogen-bond donors (Lipinski definition) is 1. The minimum absolute atomic E-state index is 0.0873. The summed E-state index contributed by atoms with van der Waals surface area (Å²) in [6.45, 7) is 7.66. The molecule has 1 atom stereocenters. The van der Waals surface area contributed by atoms with Crippen molar-refractivity contribution in [2.45, 2.75) is 58.4 Å². The van der Waals surface area contributed by atoms with Crippen LogP contribution in [0.15, 0.2) is 18.3 Å². The number of anilines is 1. The summed E-state index contributed by atoms with van der Waals surface area (Å²) in [7, 11) is 0. The predicted molar refractivity (Wildman–Crippen MR) is 107 cm³/mol. The summed E-state index contributed by atoms with van der Waals surface area (Å²) in [6.07, 6.45) is 7.36. The first-order valence-corrected chi connectivity index (χ1v) is 10.4. The number of pyridine rings is 1. The Balaban J connectivity index is 1.58. The lowest BCUT2D eigenvalue weighted by atomic mass is 9.99. The van der Waals surface area contributed by atoms with Crippen molar-refractivity contribution in [3.05, 3.63) is 23.9 Å². The third-order valence-electron chi connectivity index (χ3n) is 5.65. The summed E-state index contributed by atoms with van der Waals surface area (Å²) in [5.74, 6) is 1.81. The number of hydrogen-bond acceptors (Lipinski definition) is 4. The molecular weight excluding hydrogens is 340 g/mol. The number of nitrogens with one attached hydrogen (secondary N) is 1. The van der Waals surface area contributed by atoms with Gasteiger partial charge in [-0.3, -0.25) is 9.59 Å². The lowest BCUT2D eigenvalue weighted by Crippen LogP contribution is -2.48. The summed E-state index contributed by atoms with van der Waals surface area (Å²) in [6, 6.07) is 4.01. The molecule has 148 valence electrons. The van der Waals surface area contributed by atoms with Crippen molar-refractivity contribution in [1.29, 1.82) is 0 Å². The molecule has 2 aliphatic rings. The molecule has 1 unspecified atom stereocenters. The van der Waals surface area contributed by atoms with Crippen LogP contribution in [0.1, 0.15) is 62.7 Å². The highest BCUT2D eigenvalue weighted by Crippen LogP contribution is 2.21. The van der Waals surface area contributed by atoms with E-state index in [0.717, 1.165) is 64.1 Å². The van der Waals surface area contributed by atoms with Crippen LogP contribution in [0, 0.1) is 5.92 Å². The van der Waals surface area contributed by atoms with E-state index in [1.807, 2.05) is 24.0 Å². The number of likely N-dealkylation sites (tertiary alicyclic amines) is 1. The molecule has 0 aromatic carbocycles. The van der Waals surface area contributed by atoms with Crippen LogP contribution in [0.5, 0.6) is 0 Å². The van der Waals surface area contributed by atoms with Crippen LogP contribution >= 0.6 is 0 Å². The largest absolute Gasteiger partial charge is 0.355 e. The lowest BCUT2D eigenvalue weighted by Gasteiger charge is -2.34. The maximum atomic E-state index is 12.7. The predicted octanol–water partition coefficient (Wildman–Crippen LogP) is 2.84. The fourth-order valence-electron chi connectivity index (χ4n) is 3.92. The van der Waals surface area contributed by atoms with Gasteiger partial charge in [0.1, 0.15) is 5.82 Å². The Kier molecular flexibility index (Phi) is 6.69. The van der Waals surface area contributed by atoms with Gasteiger partial charge in [-0.05, 0) is 50.2 Å². The first kappa shape index (κ1) is 19.6. The first-order valence-electron chi connectivity index (χ1n) is 10.4. The van der Waals surface area contributed by atoms with Crippen molar-refractivity contribution in [2.75, 3.05) is 31.1 Å². The van der Waals surface area contributed by atoms with E-state index >= 15 is 0 Å². The van der Waals surface area contributed by atoms with E-state index in [-0.39, 0.29) is 17.9 Å². The van der Waals surface area contributed by atoms with Gasteiger partial charge in [-0.2, -0.15) is 0 Å². The molecule has 0 bridgehead atoms. The molecule has 1 aromatic rings. The van der Waals surface area contributed by atoms with E-state index in [1.54, 1.807) is 6.20 Å². The van der Waals surface area contributed by atoms with Crippen molar-refractivity contribution in [2.24, 2.45) is 5.92 Å². The van der Waals surface area contributed by atoms with Gasteiger partial charge in [0.05, 0.1) is 5.56 Å². The quantitative estimate of drug-likeness (QED) is 0.863. The summed E-state index contributed by atoms with van der Waals surface area (Å²) in [4.78, 5) is 33.2. The van der Waals surface area contributed by atoms with Gasteiger partial charge in [0.2, 0.25) is 5.91 Å². The van der Waals surface area contributed by atoms with Gasteiger partial charge in [0, 0.05) is 44.8 Å². The molecule has 0 aliphatic carbocycles. The number of aromatic nitrogens is 1. The molecule has 0 spiro atoms. The van der Waals surface area contributed by atoms with E-state index in [2.05, 4.69) is 22.1 Å². The molecule has 27 heavy (non-hydrogen) atoms. The fraction of sp³-hybridized carbons (Fsp3) is 0.667. The molecule has 1 N–H and O–H groups in total. The zero-order chi connectivity index (χ0) is 19.2. The Bertz CT molecular complexity index is 638. The Labute approximate surface area is 162 Å². The molecular formula is C21H32N4O2. The van der Waals surface area contributed by atoms with Crippen LogP contribution < -0.4 is 10.2 Å². The number of carbonyl (C=O) groups excluding carboxylic acids is 2. The maximum Gasteiger partial charge on any atom is 0.255 e. The highest BCUT2D eigenvalue weighted by atomic mass is 16.2. The van der Waals surface area contributed by atoms with Gasteiger partial charge in [-0.1, -0.05) is 13.8 Å². The molecule has 2 fully saturated rings. The van der Waals surface area contributed by atoms with Crippen LogP contribution in [0.2, 0.25) is 0 Å². The third kappa shape index (κ3) is 5.21. The van der Waals surface area contributed by atoms with E-state index in [1.165, 1.54) is 0 Å². The molecule has 6 heteroatoms. The molecule has 0 saturated carbocycles. The summed E-state index contributed by atoms with van der Waals surface area (Å²) in [5, 5.41) is 3.13. The van der Waals surface area contributed by atoms with Crippen LogP contribution in [-0.4, -0.2) is 53.9 Å². The summed E-state index contributed by atoms with van der Waals surface area (Å²) < 4.78 is 0. The van der Waals surface area contributed by atoms with E-state index < -0.39 is 0 Å². The molecule has 2 aliphatic heterocycles. The van der Waals surface area contributed by atoms with Crippen LogP contribution in [0.4, 0.5) is 5.82 Å². The molecule has 6 nitrogen and oxygen atoms in total. The number of rotatable bonds is 5. The van der Waals surface area contributed by atoms with E-state index in [9.17, 15) is 9.59 Å². The number of piperidine rings is 2. The second-order valence-corrected chi connectivity index (χ2v) is 7.98. The normalized spacial score (nSPS) is 21.2. The smallest absolute Gasteiger partial charge is 0.255 e. The Morgan fingerprint density at radius 3 is 2.63 bits per heavy atom. The van der Waals surface area contributed by atoms with E-state index in [4.69, 9.17) is 0 Å². The third-order valence-corrected chi connectivity index (χ3v) is 5.65. The first-order chi connectivity index (χ1) is 13.1. The van der Waals surface area contributed by atoms with Gasteiger partial charge in [0.25, 0.3) is 5.91 Å². The minimum atomic E-state index is 0.0873. The molecule has 3 heterocycles. The standard InChI is InChI=1S/C21H32N4O2/c1-3-5-20(26)23-18-6-4-11-25(15-18)19-8-7-17(14-22-19)21(27)24-12-9-16(2)10-13-24/h7-8,14,16,18H,3-6,9-13,15H2,1-2H3,(H,23,26). The molecule has 0 radical (unpaired) electrons. The van der Waals surface area contributed by atoms with Gasteiger partial charge in [-0.25, -0.2) is 4.98 Å². The van der Waals surface area contributed by atoms with Crippen molar-refractivity contribution in [3.63, 3.8) is 0 Å². The topological polar surface area (TPSA) is 65.5 Å². The van der Waals surface area contributed by atoms with Gasteiger partial charge in [0.15, 0.2) is 0 Å². The number of nitrogens with zero attached hydrogens (tertiary/aromatic N) is 3. The SMILES string of the molecule is CCCC(=O)NC1CCCN(c2ccc(C(=O)N3CCC(C)CC3)cn2)C1. The van der Waals surface area contributed by atoms with Crippen LogP contribution in [0.25, 0.3) is 0 Å². The van der Waals surface area contributed by atoms with Crippen molar-refractivity contribution < 1.29 is 9.59 Å². The fourth-order valence-corrected chi connectivity index (χ4v) is 3.92. The average molecular weight is 373 g/mol. The highest BCUT2D eigenvalue weighted by molar-refractivity contribution is 5.94. The summed E-state index contributed by atoms with van der Waals surface area (Å²) >= 11 is 0. The van der Waals surface area contributed by atoms with Crippen LogP contribution in [0.3, 0.4) is 0 Å². The lowest BCUT2D eigenvalue weighted by molar-refractivity contribution is -0.121. The zero-order valence-corrected chi connectivity index (χ0v) is 16.6. The Morgan fingerprint density at radius 2 is 1.96 bits per heavy atom. The zero-order valence-electron chi connectivity index (χ0n) is 16.6. The highest BCUT2D eigenvalue weighted by Gasteiger charge is 2.24. The summed E-state index contributed by atoms with van der Waals surface area (Å²) in [5.41, 5.74) is 0.665. The Morgan fingerprint density at radius 1 is 1.19 bits per heavy atom. The molecule has 2 amide bonds.